The Morgan fingerprint density at radius 3 is 2.72 bits per heavy atom. The zero-order valence-corrected chi connectivity index (χ0v) is 18.6. The fourth-order valence-electron chi connectivity index (χ4n) is 3.36. The minimum Gasteiger partial charge on any atom is -0.457 e. The van der Waals surface area contributed by atoms with Crippen molar-refractivity contribution in [1.29, 1.82) is 0 Å². The predicted octanol–water partition coefficient (Wildman–Crippen LogP) is 3.10. The van der Waals surface area contributed by atoms with Crippen LogP contribution in [0.5, 0.6) is 6.01 Å². The van der Waals surface area contributed by atoms with Gasteiger partial charge >= 0.3 is 6.01 Å². The Balaban J connectivity index is 1.54. The summed E-state index contributed by atoms with van der Waals surface area (Å²) in [5, 5.41) is 3.91. The highest BCUT2D eigenvalue weighted by Crippen LogP contribution is 2.20. The van der Waals surface area contributed by atoms with E-state index in [4.69, 9.17) is 16.3 Å². The number of amides is 1. The second kappa shape index (κ2) is 10.4. The number of hydrogen-bond acceptors (Lipinski definition) is 7. The molecular formula is C23H25ClN6O2. The van der Waals surface area contributed by atoms with Crippen molar-refractivity contribution in [2.75, 3.05) is 38.5 Å². The summed E-state index contributed by atoms with van der Waals surface area (Å²) in [6.07, 6.45) is 3.23. The molecule has 1 aliphatic heterocycles. The van der Waals surface area contributed by atoms with Gasteiger partial charge in [0.2, 0.25) is 0 Å². The van der Waals surface area contributed by atoms with Crippen molar-refractivity contribution in [3.05, 3.63) is 76.7 Å². The Labute approximate surface area is 192 Å². The number of piperazine rings is 1. The SMILES string of the molecule is CN1CCN(C(=O)c2cnc(OCc3ccccn3)nc2NCc2cccc(Cl)c2)CC1. The normalized spacial score (nSPS) is 14.2. The van der Waals surface area contributed by atoms with E-state index in [1.807, 2.05) is 47.4 Å². The highest BCUT2D eigenvalue weighted by molar-refractivity contribution is 6.30. The van der Waals surface area contributed by atoms with Crippen molar-refractivity contribution >= 4 is 23.3 Å². The summed E-state index contributed by atoms with van der Waals surface area (Å²) < 4.78 is 5.72. The van der Waals surface area contributed by atoms with Gasteiger partial charge < -0.3 is 19.9 Å². The van der Waals surface area contributed by atoms with Gasteiger partial charge in [0.05, 0.1) is 5.69 Å². The highest BCUT2D eigenvalue weighted by atomic mass is 35.5. The number of nitrogens with one attached hydrogen (secondary N) is 1. The molecule has 1 amide bonds. The van der Waals surface area contributed by atoms with Crippen LogP contribution < -0.4 is 10.1 Å². The molecule has 3 aromatic rings. The monoisotopic (exact) mass is 452 g/mol. The third kappa shape index (κ3) is 5.72. The number of likely N-dealkylation sites (N-methyl/N-ethyl adjacent to an activating group) is 1. The number of ether oxygens (including phenoxy) is 1. The molecule has 4 rings (SSSR count). The molecule has 2 aromatic heterocycles. The molecule has 0 spiro atoms. The van der Waals surface area contributed by atoms with E-state index in [0.29, 0.717) is 36.0 Å². The molecule has 1 saturated heterocycles. The third-order valence-corrected chi connectivity index (χ3v) is 5.45. The maximum Gasteiger partial charge on any atom is 0.318 e. The number of carbonyl (C=O) groups is 1. The molecule has 1 fully saturated rings. The molecule has 0 atom stereocenters. The number of carbonyl (C=O) groups excluding carboxylic acids is 1. The van der Waals surface area contributed by atoms with Crippen LogP contribution in [0.3, 0.4) is 0 Å². The van der Waals surface area contributed by atoms with Crippen LogP contribution in [-0.4, -0.2) is 63.9 Å². The molecule has 1 aromatic carbocycles. The van der Waals surface area contributed by atoms with Gasteiger partial charge in [0.25, 0.3) is 5.91 Å². The van der Waals surface area contributed by atoms with Gasteiger partial charge in [-0.1, -0.05) is 29.8 Å². The van der Waals surface area contributed by atoms with Gasteiger partial charge in [0.1, 0.15) is 18.0 Å². The predicted molar refractivity (Wildman–Crippen MR) is 123 cm³/mol. The van der Waals surface area contributed by atoms with Crippen molar-refractivity contribution in [3.8, 4) is 6.01 Å². The van der Waals surface area contributed by atoms with Crippen LogP contribution in [0.2, 0.25) is 5.02 Å². The number of benzene rings is 1. The molecule has 0 radical (unpaired) electrons. The smallest absolute Gasteiger partial charge is 0.318 e. The molecule has 0 aliphatic carbocycles. The van der Waals surface area contributed by atoms with Gasteiger partial charge in [-0.05, 0) is 36.9 Å². The Morgan fingerprint density at radius 1 is 1.12 bits per heavy atom. The number of anilines is 1. The second-order valence-electron chi connectivity index (χ2n) is 7.60. The number of halogens is 1. The molecule has 0 bridgehead atoms. The first kappa shape index (κ1) is 22.0. The summed E-state index contributed by atoms with van der Waals surface area (Å²) in [6.45, 7) is 3.70. The van der Waals surface area contributed by atoms with Gasteiger partial charge in [-0.3, -0.25) is 9.78 Å². The zero-order chi connectivity index (χ0) is 22.3. The van der Waals surface area contributed by atoms with Crippen LogP contribution in [0, 0.1) is 0 Å². The fraction of sp³-hybridized carbons (Fsp3) is 0.304. The van der Waals surface area contributed by atoms with E-state index in [1.54, 1.807) is 6.20 Å². The van der Waals surface area contributed by atoms with Crippen LogP contribution in [0.15, 0.2) is 54.9 Å². The van der Waals surface area contributed by atoms with Gasteiger partial charge in [0.15, 0.2) is 0 Å². The van der Waals surface area contributed by atoms with Gasteiger partial charge in [0, 0.05) is 50.1 Å². The number of hydrogen-bond donors (Lipinski definition) is 1. The number of pyridine rings is 1. The van der Waals surface area contributed by atoms with E-state index in [1.165, 1.54) is 6.20 Å². The van der Waals surface area contributed by atoms with Crippen LogP contribution in [0.25, 0.3) is 0 Å². The van der Waals surface area contributed by atoms with Crippen molar-refractivity contribution in [2.24, 2.45) is 0 Å². The summed E-state index contributed by atoms with van der Waals surface area (Å²) in [6, 6.07) is 13.3. The Hall–Kier alpha value is -3.23. The van der Waals surface area contributed by atoms with Crippen LogP contribution in [-0.2, 0) is 13.2 Å². The first-order valence-corrected chi connectivity index (χ1v) is 10.8. The maximum atomic E-state index is 13.2. The Kier molecular flexibility index (Phi) is 7.14. The van der Waals surface area contributed by atoms with E-state index in [-0.39, 0.29) is 18.5 Å². The lowest BCUT2D eigenvalue weighted by Crippen LogP contribution is -2.47. The number of nitrogens with zero attached hydrogens (tertiary/aromatic N) is 5. The molecule has 166 valence electrons. The maximum absolute atomic E-state index is 13.2. The highest BCUT2D eigenvalue weighted by Gasteiger charge is 2.24. The van der Waals surface area contributed by atoms with Crippen molar-refractivity contribution in [2.45, 2.75) is 13.2 Å². The van der Waals surface area contributed by atoms with Crippen LogP contribution >= 0.6 is 11.6 Å². The van der Waals surface area contributed by atoms with Crippen LogP contribution in [0.1, 0.15) is 21.6 Å². The molecular weight excluding hydrogens is 428 g/mol. The zero-order valence-electron chi connectivity index (χ0n) is 17.9. The topological polar surface area (TPSA) is 83.5 Å². The second-order valence-corrected chi connectivity index (χ2v) is 8.04. The fourth-order valence-corrected chi connectivity index (χ4v) is 3.57. The summed E-state index contributed by atoms with van der Waals surface area (Å²) in [7, 11) is 2.05. The van der Waals surface area contributed by atoms with Crippen LogP contribution in [0.4, 0.5) is 5.82 Å². The largest absolute Gasteiger partial charge is 0.457 e. The van der Waals surface area contributed by atoms with Crippen molar-refractivity contribution in [1.82, 2.24) is 24.8 Å². The van der Waals surface area contributed by atoms with E-state index in [0.717, 1.165) is 24.3 Å². The lowest BCUT2D eigenvalue weighted by atomic mass is 10.2. The van der Waals surface area contributed by atoms with E-state index >= 15 is 0 Å². The van der Waals surface area contributed by atoms with Gasteiger partial charge in [-0.25, -0.2) is 4.98 Å². The first-order valence-electron chi connectivity index (χ1n) is 10.4. The average Bonchev–Trinajstić information content (AvgIpc) is 2.82. The summed E-state index contributed by atoms with van der Waals surface area (Å²) in [4.78, 5) is 30.2. The van der Waals surface area contributed by atoms with E-state index in [9.17, 15) is 4.79 Å². The quantitative estimate of drug-likeness (QED) is 0.589. The first-order chi connectivity index (χ1) is 15.6. The summed E-state index contributed by atoms with van der Waals surface area (Å²) in [5.74, 6) is 0.336. The lowest BCUT2D eigenvalue weighted by Gasteiger charge is -2.32. The standard InChI is InChI=1S/C23H25ClN6O2/c1-29-9-11-30(12-10-29)22(31)20-15-27-23(32-16-19-7-2-3-8-25-19)28-21(20)26-14-17-5-4-6-18(24)13-17/h2-8,13,15H,9-12,14,16H2,1H3,(H,26,27,28). The van der Waals surface area contributed by atoms with E-state index < -0.39 is 0 Å². The van der Waals surface area contributed by atoms with E-state index in [2.05, 4.69) is 32.2 Å². The molecule has 0 unspecified atom stereocenters. The molecule has 0 saturated carbocycles. The summed E-state index contributed by atoms with van der Waals surface area (Å²) in [5.41, 5.74) is 2.16. The Morgan fingerprint density at radius 2 is 1.97 bits per heavy atom. The van der Waals surface area contributed by atoms with Gasteiger partial charge in [-0.15, -0.1) is 0 Å². The molecule has 1 N–H and O–H groups in total. The number of rotatable bonds is 7. The average molecular weight is 453 g/mol. The molecule has 1 aliphatic rings. The van der Waals surface area contributed by atoms with Crippen molar-refractivity contribution in [3.63, 3.8) is 0 Å². The number of aromatic nitrogens is 3. The third-order valence-electron chi connectivity index (χ3n) is 5.21. The summed E-state index contributed by atoms with van der Waals surface area (Å²) >= 11 is 6.10. The van der Waals surface area contributed by atoms with Gasteiger partial charge in [-0.2, -0.15) is 4.98 Å². The Bertz CT molecular complexity index is 1060. The molecule has 9 heteroatoms. The molecule has 32 heavy (non-hydrogen) atoms. The molecule has 8 nitrogen and oxygen atoms in total. The lowest BCUT2D eigenvalue weighted by molar-refractivity contribution is 0.0664. The molecule has 3 heterocycles. The minimum atomic E-state index is -0.0945. The van der Waals surface area contributed by atoms with Crippen molar-refractivity contribution < 1.29 is 9.53 Å². The minimum absolute atomic E-state index is 0.0945.